The molecule has 1 heterocycles. The van der Waals surface area contributed by atoms with E-state index in [1.807, 2.05) is 24.3 Å². The van der Waals surface area contributed by atoms with Crippen molar-refractivity contribution in [2.75, 3.05) is 7.05 Å². The Morgan fingerprint density at radius 1 is 1.00 bits per heavy atom. The number of halogens is 1. The maximum Gasteiger partial charge on any atom is 0.247 e. The molecule has 0 radical (unpaired) electrons. The molecule has 0 aliphatic heterocycles. The second kappa shape index (κ2) is 8.89. The number of benzene rings is 2. The fourth-order valence-corrected chi connectivity index (χ4v) is 4.36. The Morgan fingerprint density at radius 2 is 1.71 bits per heavy atom. The topological polar surface area (TPSA) is 42.2 Å². The normalized spacial score (nSPS) is 16.4. The summed E-state index contributed by atoms with van der Waals surface area (Å²) in [5.41, 5.74) is 2.19. The van der Waals surface area contributed by atoms with Crippen LogP contribution < -0.4 is 0 Å². The zero-order chi connectivity index (χ0) is 19.3. The molecule has 1 aliphatic carbocycles. The van der Waals surface area contributed by atoms with Gasteiger partial charge in [0.25, 0.3) is 0 Å². The summed E-state index contributed by atoms with van der Waals surface area (Å²) in [5.74, 6) is 1.82. The van der Waals surface area contributed by atoms with Gasteiger partial charge in [0, 0.05) is 17.1 Å². The average Bonchev–Trinajstić information content (AvgIpc) is 3.20. The van der Waals surface area contributed by atoms with E-state index in [4.69, 9.17) is 16.0 Å². The fraction of sp³-hybridized carbons (Fsp3) is 0.391. The smallest absolute Gasteiger partial charge is 0.247 e. The van der Waals surface area contributed by atoms with Gasteiger partial charge in [0.1, 0.15) is 0 Å². The van der Waals surface area contributed by atoms with Crippen molar-refractivity contribution in [3.8, 4) is 11.5 Å². The zero-order valence-electron chi connectivity index (χ0n) is 16.2. The molecule has 146 valence electrons. The lowest BCUT2D eigenvalue weighted by molar-refractivity contribution is 0.114. The van der Waals surface area contributed by atoms with Crippen LogP contribution in [0.1, 0.15) is 49.6 Å². The van der Waals surface area contributed by atoms with Crippen LogP contribution >= 0.6 is 11.6 Å². The molecule has 5 heteroatoms. The summed E-state index contributed by atoms with van der Waals surface area (Å²) < 4.78 is 6.18. The van der Waals surface area contributed by atoms with Crippen molar-refractivity contribution in [2.24, 2.45) is 5.92 Å². The first-order valence-corrected chi connectivity index (χ1v) is 10.4. The molecule has 3 aromatic rings. The Labute approximate surface area is 171 Å². The second-order valence-corrected chi connectivity index (χ2v) is 8.13. The highest BCUT2D eigenvalue weighted by atomic mass is 35.5. The van der Waals surface area contributed by atoms with Gasteiger partial charge in [-0.3, -0.25) is 4.90 Å². The van der Waals surface area contributed by atoms with E-state index >= 15 is 0 Å². The van der Waals surface area contributed by atoms with E-state index in [2.05, 4.69) is 52.5 Å². The lowest BCUT2D eigenvalue weighted by Gasteiger charge is -2.34. The highest BCUT2D eigenvalue weighted by molar-refractivity contribution is 6.30. The van der Waals surface area contributed by atoms with Gasteiger partial charge in [-0.25, -0.2) is 0 Å². The monoisotopic (exact) mass is 395 g/mol. The van der Waals surface area contributed by atoms with Gasteiger partial charge >= 0.3 is 0 Å². The van der Waals surface area contributed by atoms with E-state index in [0.717, 1.165) is 18.0 Å². The Morgan fingerprint density at radius 3 is 2.43 bits per heavy atom. The molecule has 0 bridgehead atoms. The molecule has 28 heavy (non-hydrogen) atoms. The summed E-state index contributed by atoms with van der Waals surface area (Å²) in [6.07, 6.45) is 6.30. The minimum atomic E-state index is 0.133. The van der Waals surface area contributed by atoms with E-state index in [0.29, 0.717) is 16.8 Å². The van der Waals surface area contributed by atoms with Crippen LogP contribution in [0.15, 0.2) is 59.0 Å². The van der Waals surface area contributed by atoms with Gasteiger partial charge in [-0.05, 0) is 55.6 Å². The molecule has 1 fully saturated rings. The lowest BCUT2D eigenvalue weighted by Crippen LogP contribution is -2.31. The molecule has 1 unspecified atom stereocenters. The molecule has 1 atom stereocenters. The summed E-state index contributed by atoms with van der Waals surface area (Å²) in [6, 6.07) is 18.2. The first-order chi connectivity index (χ1) is 13.7. The van der Waals surface area contributed by atoms with E-state index in [9.17, 15) is 0 Å². The molecule has 1 aliphatic rings. The Balaban J connectivity index is 1.60. The third-order valence-electron chi connectivity index (χ3n) is 5.63. The Bertz CT molecular complexity index is 872. The quantitative estimate of drug-likeness (QED) is 0.502. The van der Waals surface area contributed by atoms with Gasteiger partial charge in [-0.15, -0.1) is 10.2 Å². The summed E-state index contributed by atoms with van der Waals surface area (Å²) in [4.78, 5) is 2.37. The molecular formula is C23H26ClN3O. The van der Waals surface area contributed by atoms with Crippen molar-refractivity contribution in [1.29, 1.82) is 0 Å². The maximum absolute atomic E-state index is 6.18. The van der Waals surface area contributed by atoms with Gasteiger partial charge in [0.2, 0.25) is 11.8 Å². The molecule has 4 nitrogen and oxygen atoms in total. The number of rotatable bonds is 6. The summed E-state index contributed by atoms with van der Waals surface area (Å²) in [7, 11) is 2.17. The first-order valence-electron chi connectivity index (χ1n) is 10.0. The molecule has 0 saturated heterocycles. The number of hydrogen-bond acceptors (Lipinski definition) is 4. The summed E-state index contributed by atoms with van der Waals surface area (Å²) in [5, 5.41) is 9.50. The standard InChI is InChI=1S/C23H26ClN3O/c1-27(16-17-8-4-2-5-9-17)21(18-10-6-3-7-11-18)23-26-25-22(28-23)19-12-14-20(24)15-13-19/h2,4-5,8-9,12-15,18,21H,3,6-7,10-11,16H2,1H3. The van der Waals surface area contributed by atoms with Gasteiger partial charge in [-0.2, -0.15) is 0 Å². The molecule has 1 saturated carbocycles. The van der Waals surface area contributed by atoms with Crippen molar-refractivity contribution < 1.29 is 4.42 Å². The van der Waals surface area contributed by atoms with Crippen molar-refractivity contribution >= 4 is 11.6 Å². The highest BCUT2D eigenvalue weighted by Gasteiger charge is 2.32. The summed E-state index contributed by atoms with van der Waals surface area (Å²) >= 11 is 6.00. The highest BCUT2D eigenvalue weighted by Crippen LogP contribution is 2.38. The molecule has 0 N–H and O–H groups in total. The number of hydrogen-bond donors (Lipinski definition) is 0. The molecule has 0 amide bonds. The number of aromatic nitrogens is 2. The van der Waals surface area contributed by atoms with Gasteiger partial charge in [0.05, 0.1) is 6.04 Å². The third-order valence-corrected chi connectivity index (χ3v) is 5.88. The fourth-order valence-electron chi connectivity index (χ4n) is 4.23. The maximum atomic E-state index is 6.18. The van der Waals surface area contributed by atoms with Crippen LogP contribution in [0.2, 0.25) is 5.02 Å². The van der Waals surface area contributed by atoms with Crippen LogP contribution in [0.25, 0.3) is 11.5 Å². The molecule has 4 rings (SSSR count). The van der Waals surface area contributed by atoms with Crippen molar-refractivity contribution in [3.05, 3.63) is 71.1 Å². The SMILES string of the molecule is CN(Cc1ccccc1)C(c1nnc(-c2ccc(Cl)cc2)o1)C1CCCCC1. The number of nitrogens with zero attached hydrogens (tertiary/aromatic N) is 3. The van der Waals surface area contributed by atoms with E-state index < -0.39 is 0 Å². The molecule has 0 spiro atoms. The first kappa shape index (κ1) is 19.2. The van der Waals surface area contributed by atoms with E-state index in [1.54, 1.807) is 0 Å². The van der Waals surface area contributed by atoms with Crippen LogP contribution in [0.4, 0.5) is 0 Å². The largest absolute Gasteiger partial charge is 0.419 e. The minimum absolute atomic E-state index is 0.133. The Hall–Kier alpha value is -2.17. The lowest BCUT2D eigenvalue weighted by atomic mass is 9.83. The zero-order valence-corrected chi connectivity index (χ0v) is 17.0. The molecular weight excluding hydrogens is 370 g/mol. The van der Waals surface area contributed by atoms with E-state index in [-0.39, 0.29) is 6.04 Å². The van der Waals surface area contributed by atoms with Crippen molar-refractivity contribution in [2.45, 2.75) is 44.7 Å². The van der Waals surface area contributed by atoms with Crippen LogP contribution in [0.3, 0.4) is 0 Å². The summed E-state index contributed by atoms with van der Waals surface area (Å²) in [6.45, 7) is 0.862. The Kier molecular flexibility index (Phi) is 6.08. The van der Waals surface area contributed by atoms with Crippen LogP contribution in [-0.4, -0.2) is 22.1 Å². The predicted octanol–water partition coefficient (Wildman–Crippen LogP) is 6.14. The average molecular weight is 396 g/mol. The molecule has 2 aromatic carbocycles. The van der Waals surface area contributed by atoms with Crippen molar-refractivity contribution in [1.82, 2.24) is 15.1 Å². The predicted molar refractivity (Wildman–Crippen MR) is 112 cm³/mol. The van der Waals surface area contributed by atoms with Crippen LogP contribution in [0, 0.1) is 5.92 Å². The second-order valence-electron chi connectivity index (χ2n) is 7.70. The van der Waals surface area contributed by atoms with Crippen LogP contribution in [-0.2, 0) is 6.54 Å². The van der Waals surface area contributed by atoms with Gasteiger partial charge in [-0.1, -0.05) is 61.2 Å². The minimum Gasteiger partial charge on any atom is -0.419 e. The van der Waals surface area contributed by atoms with Crippen molar-refractivity contribution in [3.63, 3.8) is 0 Å². The molecule has 1 aromatic heterocycles. The van der Waals surface area contributed by atoms with Crippen LogP contribution in [0.5, 0.6) is 0 Å². The van der Waals surface area contributed by atoms with E-state index in [1.165, 1.54) is 37.7 Å². The third kappa shape index (κ3) is 4.45. The van der Waals surface area contributed by atoms with Gasteiger partial charge < -0.3 is 4.42 Å². The van der Waals surface area contributed by atoms with Gasteiger partial charge in [0.15, 0.2) is 0 Å².